The minimum Gasteiger partial charge on any atom is -0.393 e. The van der Waals surface area contributed by atoms with Gasteiger partial charge in [-0.1, -0.05) is 73.1 Å². The Morgan fingerprint density at radius 2 is 1.52 bits per heavy atom. The van der Waals surface area contributed by atoms with Gasteiger partial charge >= 0.3 is 0 Å². The molecule has 21 heavy (non-hydrogen) atoms. The summed E-state index contributed by atoms with van der Waals surface area (Å²) in [6.45, 7) is 11.5. The van der Waals surface area contributed by atoms with E-state index in [1.54, 1.807) is 0 Å². The van der Waals surface area contributed by atoms with Gasteiger partial charge in [0, 0.05) is 0 Å². The van der Waals surface area contributed by atoms with Gasteiger partial charge in [0.25, 0.3) is 0 Å². The van der Waals surface area contributed by atoms with Crippen molar-refractivity contribution in [2.24, 2.45) is 29.6 Å². The second kappa shape index (κ2) is 9.87. The van der Waals surface area contributed by atoms with E-state index in [0.717, 1.165) is 17.8 Å². The summed E-state index contributed by atoms with van der Waals surface area (Å²) in [6.07, 6.45) is 11.9. The summed E-state index contributed by atoms with van der Waals surface area (Å²) in [4.78, 5) is 0. The van der Waals surface area contributed by atoms with Gasteiger partial charge < -0.3 is 5.11 Å². The van der Waals surface area contributed by atoms with Crippen LogP contribution in [0, 0.1) is 29.6 Å². The predicted molar refractivity (Wildman–Crippen MR) is 93.4 cm³/mol. The zero-order valence-electron chi connectivity index (χ0n) is 15.3. The number of aliphatic hydroxyl groups is 1. The van der Waals surface area contributed by atoms with E-state index in [4.69, 9.17) is 0 Å². The summed E-state index contributed by atoms with van der Waals surface area (Å²) in [7, 11) is 0. The first-order valence-electron chi connectivity index (χ1n) is 9.63. The SMILES string of the molecule is CC[C@@H](CCC(C)C(O)[C@H](C)CC1CCCCC1)C(C)C. The van der Waals surface area contributed by atoms with Crippen molar-refractivity contribution < 1.29 is 5.11 Å². The first-order chi connectivity index (χ1) is 9.95. The molecule has 1 rings (SSSR count). The lowest BCUT2D eigenvalue weighted by atomic mass is 9.78. The van der Waals surface area contributed by atoms with Crippen LogP contribution in [0.5, 0.6) is 0 Å². The smallest absolute Gasteiger partial charge is 0.0591 e. The lowest BCUT2D eigenvalue weighted by molar-refractivity contribution is 0.0436. The van der Waals surface area contributed by atoms with Crippen LogP contribution in [0.15, 0.2) is 0 Å². The maximum atomic E-state index is 10.6. The van der Waals surface area contributed by atoms with Gasteiger partial charge in [-0.3, -0.25) is 0 Å². The van der Waals surface area contributed by atoms with Gasteiger partial charge in [0.1, 0.15) is 0 Å². The van der Waals surface area contributed by atoms with Gasteiger partial charge in [-0.25, -0.2) is 0 Å². The average molecular weight is 297 g/mol. The van der Waals surface area contributed by atoms with Crippen LogP contribution in [0.25, 0.3) is 0 Å². The fourth-order valence-corrected chi connectivity index (χ4v) is 4.31. The largest absolute Gasteiger partial charge is 0.393 e. The Hall–Kier alpha value is -0.0400. The highest BCUT2D eigenvalue weighted by Crippen LogP contribution is 2.32. The zero-order valence-corrected chi connectivity index (χ0v) is 15.3. The molecule has 2 unspecified atom stereocenters. The van der Waals surface area contributed by atoms with E-state index in [9.17, 15) is 5.11 Å². The molecule has 4 atom stereocenters. The fourth-order valence-electron chi connectivity index (χ4n) is 4.31. The molecule has 1 aliphatic carbocycles. The second-order valence-corrected chi connectivity index (χ2v) is 8.17. The molecule has 1 aliphatic rings. The molecule has 1 N–H and O–H groups in total. The molecular formula is C20H40O. The zero-order chi connectivity index (χ0) is 15.8. The lowest BCUT2D eigenvalue weighted by Crippen LogP contribution is -2.28. The third kappa shape index (κ3) is 6.72. The molecule has 126 valence electrons. The van der Waals surface area contributed by atoms with E-state index >= 15 is 0 Å². The van der Waals surface area contributed by atoms with Crippen molar-refractivity contribution in [1.82, 2.24) is 0 Å². The van der Waals surface area contributed by atoms with Crippen LogP contribution >= 0.6 is 0 Å². The summed E-state index contributed by atoms with van der Waals surface area (Å²) in [6, 6.07) is 0. The molecule has 0 saturated heterocycles. The molecular weight excluding hydrogens is 256 g/mol. The molecule has 0 aromatic carbocycles. The third-order valence-corrected chi connectivity index (χ3v) is 6.06. The Bertz CT molecular complexity index is 255. The van der Waals surface area contributed by atoms with E-state index in [1.165, 1.54) is 57.8 Å². The van der Waals surface area contributed by atoms with Gasteiger partial charge in [0.15, 0.2) is 0 Å². The second-order valence-electron chi connectivity index (χ2n) is 8.17. The van der Waals surface area contributed by atoms with Gasteiger partial charge in [0.05, 0.1) is 6.10 Å². The van der Waals surface area contributed by atoms with Gasteiger partial charge in [0.2, 0.25) is 0 Å². The van der Waals surface area contributed by atoms with Crippen LogP contribution in [-0.2, 0) is 0 Å². The summed E-state index contributed by atoms with van der Waals surface area (Å²) >= 11 is 0. The Morgan fingerprint density at radius 1 is 0.905 bits per heavy atom. The average Bonchev–Trinajstić information content (AvgIpc) is 2.47. The lowest BCUT2D eigenvalue weighted by Gasteiger charge is -2.31. The van der Waals surface area contributed by atoms with Crippen LogP contribution < -0.4 is 0 Å². The molecule has 0 amide bonds. The minimum absolute atomic E-state index is 0.100. The van der Waals surface area contributed by atoms with Crippen LogP contribution in [0.2, 0.25) is 0 Å². The highest BCUT2D eigenvalue weighted by Gasteiger charge is 2.25. The van der Waals surface area contributed by atoms with E-state index in [2.05, 4.69) is 34.6 Å². The number of rotatable bonds is 9. The number of hydrogen-bond donors (Lipinski definition) is 1. The molecule has 1 nitrogen and oxygen atoms in total. The molecule has 1 saturated carbocycles. The van der Waals surface area contributed by atoms with Gasteiger partial charge in [-0.05, 0) is 48.9 Å². The molecule has 0 spiro atoms. The van der Waals surface area contributed by atoms with Crippen molar-refractivity contribution in [2.45, 2.75) is 98.5 Å². The van der Waals surface area contributed by atoms with E-state index in [-0.39, 0.29) is 6.10 Å². The normalized spacial score (nSPS) is 23.0. The predicted octanol–water partition coefficient (Wildman–Crippen LogP) is 6.05. The maximum absolute atomic E-state index is 10.6. The highest BCUT2D eigenvalue weighted by atomic mass is 16.3. The standard InChI is InChI=1S/C20H40O/c1-6-19(15(2)3)13-12-16(4)20(21)17(5)14-18-10-8-7-9-11-18/h15-21H,6-14H2,1-5H3/t16?,17-,19+,20?/m1/s1. The molecule has 1 heteroatoms. The first kappa shape index (κ1) is 19.0. The molecule has 0 aliphatic heterocycles. The Kier molecular flexibility index (Phi) is 8.94. The third-order valence-electron chi connectivity index (χ3n) is 6.06. The molecule has 0 heterocycles. The van der Waals surface area contributed by atoms with E-state index in [1.807, 2.05) is 0 Å². The topological polar surface area (TPSA) is 20.2 Å². The Morgan fingerprint density at radius 3 is 2.05 bits per heavy atom. The number of aliphatic hydroxyl groups excluding tert-OH is 1. The molecule has 0 aromatic rings. The summed E-state index contributed by atoms with van der Waals surface area (Å²) in [5.74, 6) is 3.42. The quantitative estimate of drug-likeness (QED) is 0.549. The molecule has 0 bridgehead atoms. The maximum Gasteiger partial charge on any atom is 0.0591 e. The van der Waals surface area contributed by atoms with E-state index in [0.29, 0.717) is 11.8 Å². The summed E-state index contributed by atoms with van der Waals surface area (Å²) < 4.78 is 0. The Labute approximate surface area is 133 Å². The minimum atomic E-state index is -0.100. The fraction of sp³-hybridized carbons (Fsp3) is 1.00. The summed E-state index contributed by atoms with van der Waals surface area (Å²) in [5.41, 5.74) is 0. The van der Waals surface area contributed by atoms with Crippen molar-refractivity contribution in [2.75, 3.05) is 0 Å². The first-order valence-corrected chi connectivity index (χ1v) is 9.63. The van der Waals surface area contributed by atoms with Crippen molar-refractivity contribution in [1.29, 1.82) is 0 Å². The van der Waals surface area contributed by atoms with Crippen LogP contribution in [0.4, 0.5) is 0 Å². The molecule has 1 fully saturated rings. The van der Waals surface area contributed by atoms with Gasteiger partial charge in [-0.15, -0.1) is 0 Å². The Balaban J connectivity index is 2.32. The van der Waals surface area contributed by atoms with Crippen LogP contribution in [0.1, 0.15) is 92.4 Å². The van der Waals surface area contributed by atoms with Crippen LogP contribution in [0.3, 0.4) is 0 Å². The van der Waals surface area contributed by atoms with E-state index < -0.39 is 0 Å². The molecule has 0 radical (unpaired) electrons. The summed E-state index contributed by atoms with van der Waals surface area (Å²) in [5, 5.41) is 10.6. The van der Waals surface area contributed by atoms with Crippen molar-refractivity contribution >= 4 is 0 Å². The van der Waals surface area contributed by atoms with Gasteiger partial charge in [-0.2, -0.15) is 0 Å². The monoisotopic (exact) mass is 296 g/mol. The van der Waals surface area contributed by atoms with Crippen molar-refractivity contribution in [3.8, 4) is 0 Å². The van der Waals surface area contributed by atoms with Crippen molar-refractivity contribution in [3.63, 3.8) is 0 Å². The van der Waals surface area contributed by atoms with Crippen molar-refractivity contribution in [3.05, 3.63) is 0 Å². The van der Waals surface area contributed by atoms with Crippen LogP contribution in [-0.4, -0.2) is 11.2 Å². The highest BCUT2D eigenvalue weighted by molar-refractivity contribution is 4.76. The number of hydrogen-bond acceptors (Lipinski definition) is 1. The molecule has 0 aromatic heterocycles.